The highest BCUT2D eigenvalue weighted by Crippen LogP contribution is 2.14. The Kier molecular flexibility index (Phi) is 7.17. The van der Waals surface area contributed by atoms with Gasteiger partial charge >= 0.3 is 0 Å². The number of methoxy groups -OCH3 is 1. The fourth-order valence-corrected chi connectivity index (χ4v) is 3.40. The summed E-state index contributed by atoms with van der Waals surface area (Å²) in [6.45, 7) is 2.83. The summed E-state index contributed by atoms with van der Waals surface area (Å²) in [7, 11) is -2.03. The third kappa shape index (κ3) is 5.57. The lowest BCUT2D eigenvalue weighted by Crippen LogP contribution is -2.26. The van der Waals surface area contributed by atoms with Crippen LogP contribution in [-0.4, -0.2) is 34.5 Å². The number of nitrogens with one attached hydrogen (secondary N) is 2. The SMILES string of the molecule is CCCNC(=O)c1ccc(S(=O)(=O)NCCc2cccc(OC)c2)cc1. The van der Waals surface area contributed by atoms with Crippen LogP contribution >= 0.6 is 0 Å². The van der Waals surface area contributed by atoms with Gasteiger partial charge in [0.1, 0.15) is 5.75 Å². The fourth-order valence-electron chi connectivity index (χ4n) is 2.37. The Morgan fingerprint density at radius 1 is 1.08 bits per heavy atom. The molecule has 0 unspecified atom stereocenters. The molecule has 2 aromatic rings. The maximum absolute atomic E-state index is 12.4. The number of rotatable bonds is 9. The average molecular weight is 376 g/mol. The van der Waals surface area contributed by atoms with Crippen LogP contribution in [0, 0.1) is 0 Å². The van der Waals surface area contributed by atoms with Crippen LogP contribution in [0.25, 0.3) is 0 Å². The number of ether oxygens (including phenoxy) is 1. The van der Waals surface area contributed by atoms with Gasteiger partial charge in [0, 0.05) is 18.7 Å². The summed E-state index contributed by atoms with van der Waals surface area (Å²) in [6.07, 6.45) is 1.39. The molecule has 0 aliphatic carbocycles. The van der Waals surface area contributed by atoms with E-state index in [1.807, 2.05) is 31.2 Å². The van der Waals surface area contributed by atoms with E-state index >= 15 is 0 Å². The van der Waals surface area contributed by atoms with Crippen LogP contribution in [0.3, 0.4) is 0 Å². The minimum atomic E-state index is -3.62. The van der Waals surface area contributed by atoms with Gasteiger partial charge in [-0.2, -0.15) is 0 Å². The highest BCUT2D eigenvalue weighted by Gasteiger charge is 2.14. The zero-order chi connectivity index (χ0) is 19.0. The molecule has 26 heavy (non-hydrogen) atoms. The van der Waals surface area contributed by atoms with Gasteiger partial charge in [0.2, 0.25) is 10.0 Å². The monoisotopic (exact) mass is 376 g/mol. The minimum absolute atomic E-state index is 0.134. The molecular formula is C19H24N2O4S. The van der Waals surface area contributed by atoms with Crippen LogP contribution in [0.15, 0.2) is 53.4 Å². The molecule has 6 nitrogen and oxygen atoms in total. The van der Waals surface area contributed by atoms with Crippen LogP contribution < -0.4 is 14.8 Å². The van der Waals surface area contributed by atoms with Crippen molar-refractivity contribution in [3.63, 3.8) is 0 Å². The molecule has 0 aliphatic heterocycles. The molecule has 0 aromatic heterocycles. The molecule has 140 valence electrons. The van der Waals surface area contributed by atoms with E-state index < -0.39 is 10.0 Å². The highest BCUT2D eigenvalue weighted by atomic mass is 32.2. The quantitative estimate of drug-likeness (QED) is 0.704. The molecule has 0 saturated heterocycles. The molecule has 0 bridgehead atoms. The van der Waals surface area contributed by atoms with Crippen LogP contribution in [0.2, 0.25) is 0 Å². The van der Waals surface area contributed by atoms with Gasteiger partial charge in [0.15, 0.2) is 0 Å². The normalized spacial score (nSPS) is 11.2. The van der Waals surface area contributed by atoms with Crippen molar-refractivity contribution in [1.29, 1.82) is 0 Å². The summed E-state index contributed by atoms with van der Waals surface area (Å²) >= 11 is 0. The van der Waals surface area contributed by atoms with E-state index in [4.69, 9.17) is 4.74 Å². The first-order chi connectivity index (χ1) is 12.5. The number of amides is 1. The number of carbonyl (C=O) groups is 1. The molecule has 2 rings (SSSR count). The van der Waals surface area contributed by atoms with E-state index in [1.165, 1.54) is 24.3 Å². The van der Waals surface area contributed by atoms with Gasteiger partial charge in [-0.15, -0.1) is 0 Å². The first kappa shape index (κ1) is 19.9. The molecule has 0 fully saturated rings. The molecule has 0 atom stereocenters. The summed E-state index contributed by atoms with van der Waals surface area (Å²) in [5.74, 6) is 0.532. The third-order valence-electron chi connectivity index (χ3n) is 3.80. The Bertz CT molecular complexity index is 833. The molecule has 1 amide bonds. The molecule has 2 aromatic carbocycles. The summed E-state index contributed by atoms with van der Waals surface area (Å²) in [5.41, 5.74) is 1.42. The largest absolute Gasteiger partial charge is 0.497 e. The van der Waals surface area contributed by atoms with Crippen molar-refractivity contribution < 1.29 is 17.9 Å². The van der Waals surface area contributed by atoms with Crippen molar-refractivity contribution in [2.45, 2.75) is 24.7 Å². The molecule has 2 N–H and O–H groups in total. The van der Waals surface area contributed by atoms with E-state index in [2.05, 4.69) is 10.0 Å². The second-order valence-electron chi connectivity index (χ2n) is 5.78. The first-order valence-electron chi connectivity index (χ1n) is 8.47. The van der Waals surface area contributed by atoms with Crippen molar-refractivity contribution in [3.8, 4) is 5.75 Å². The maximum Gasteiger partial charge on any atom is 0.251 e. The molecule has 0 radical (unpaired) electrons. The maximum atomic E-state index is 12.4. The summed E-state index contributed by atoms with van der Waals surface area (Å²) < 4.78 is 32.5. The molecule has 0 aliphatic rings. The fraction of sp³-hybridized carbons (Fsp3) is 0.316. The molecular weight excluding hydrogens is 352 g/mol. The topological polar surface area (TPSA) is 84.5 Å². The van der Waals surface area contributed by atoms with Gasteiger partial charge in [-0.3, -0.25) is 4.79 Å². The van der Waals surface area contributed by atoms with E-state index in [0.29, 0.717) is 18.5 Å². The smallest absolute Gasteiger partial charge is 0.251 e. The number of benzene rings is 2. The molecule has 0 saturated carbocycles. The lowest BCUT2D eigenvalue weighted by Gasteiger charge is -2.09. The molecule has 0 spiro atoms. The summed E-state index contributed by atoms with van der Waals surface area (Å²) in [6, 6.07) is 13.4. The van der Waals surface area contributed by atoms with Crippen molar-refractivity contribution in [1.82, 2.24) is 10.0 Å². The minimum Gasteiger partial charge on any atom is -0.497 e. The summed E-state index contributed by atoms with van der Waals surface area (Å²) in [5, 5.41) is 2.75. The Morgan fingerprint density at radius 2 is 1.81 bits per heavy atom. The highest BCUT2D eigenvalue weighted by molar-refractivity contribution is 7.89. The number of carbonyl (C=O) groups excluding carboxylic acids is 1. The van der Waals surface area contributed by atoms with Crippen LogP contribution in [0.1, 0.15) is 29.3 Å². The average Bonchev–Trinajstić information content (AvgIpc) is 2.66. The Labute approximate surface area is 154 Å². The zero-order valence-electron chi connectivity index (χ0n) is 15.0. The van der Waals surface area contributed by atoms with Gasteiger partial charge in [-0.25, -0.2) is 13.1 Å². The van der Waals surface area contributed by atoms with Crippen molar-refractivity contribution in [3.05, 3.63) is 59.7 Å². The number of sulfonamides is 1. The Balaban J connectivity index is 1.95. The van der Waals surface area contributed by atoms with Gasteiger partial charge in [0.25, 0.3) is 5.91 Å². The zero-order valence-corrected chi connectivity index (χ0v) is 15.8. The van der Waals surface area contributed by atoms with Crippen molar-refractivity contribution in [2.24, 2.45) is 0 Å². The van der Waals surface area contributed by atoms with E-state index in [1.54, 1.807) is 7.11 Å². The van der Waals surface area contributed by atoms with Crippen LogP contribution in [0.4, 0.5) is 0 Å². The second-order valence-corrected chi connectivity index (χ2v) is 7.55. The lowest BCUT2D eigenvalue weighted by atomic mass is 10.1. The summed E-state index contributed by atoms with van der Waals surface area (Å²) in [4.78, 5) is 12.0. The van der Waals surface area contributed by atoms with Gasteiger partial charge in [0.05, 0.1) is 12.0 Å². The van der Waals surface area contributed by atoms with Gasteiger partial charge in [-0.05, 0) is 54.8 Å². The predicted octanol–water partition coefficient (Wildman–Crippen LogP) is 2.36. The second kappa shape index (κ2) is 9.35. The number of hydrogen-bond donors (Lipinski definition) is 2. The lowest BCUT2D eigenvalue weighted by molar-refractivity contribution is 0.0953. The Morgan fingerprint density at radius 3 is 2.46 bits per heavy atom. The molecule has 0 heterocycles. The Hall–Kier alpha value is -2.38. The van der Waals surface area contributed by atoms with E-state index in [-0.39, 0.29) is 17.3 Å². The predicted molar refractivity (Wildman–Crippen MR) is 101 cm³/mol. The standard InChI is InChI=1S/C19H24N2O4S/c1-3-12-20-19(22)16-7-9-18(10-8-16)26(23,24)21-13-11-15-5-4-6-17(14-15)25-2/h4-10,14,21H,3,11-13H2,1-2H3,(H,20,22). The number of hydrogen-bond acceptors (Lipinski definition) is 4. The van der Waals surface area contributed by atoms with E-state index in [0.717, 1.165) is 17.7 Å². The van der Waals surface area contributed by atoms with Gasteiger partial charge < -0.3 is 10.1 Å². The molecule has 7 heteroatoms. The van der Waals surface area contributed by atoms with Crippen molar-refractivity contribution >= 4 is 15.9 Å². The third-order valence-corrected chi connectivity index (χ3v) is 5.28. The first-order valence-corrected chi connectivity index (χ1v) is 9.95. The van der Waals surface area contributed by atoms with Crippen LogP contribution in [0.5, 0.6) is 5.75 Å². The van der Waals surface area contributed by atoms with Crippen molar-refractivity contribution in [2.75, 3.05) is 20.2 Å². The van der Waals surface area contributed by atoms with Gasteiger partial charge in [-0.1, -0.05) is 19.1 Å². The van der Waals surface area contributed by atoms with Crippen LogP contribution in [-0.2, 0) is 16.4 Å². The van der Waals surface area contributed by atoms with E-state index in [9.17, 15) is 13.2 Å².